The SMILES string of the molecule is FC(F)Oc1ccc(C2C=CC=CC2)cc1. The number of hydrogen-bond acceptors (Lipinski definition) is 1. The van der Waals surface area contributed by atoms with E-state index >= 15 is 0 Å². The Balaban J connectivity index is 2.07. The Morgan fingerprint density at radius 1 is 1.12 bits per heavy atom. The third-order valence-electron chi connectivity index (χ3n) is 2.51. The zero-order valence-corrected chi connectivity index (χ0v) is 8.64. The van der Waals surface area contributed by atoms with Gasteiger partial charge in [-0.2, -0.15) is 8.78 Å². The number of ether oxygens (including phenoxy) is 1. The summed E-state index contributed by atoms with van der Waals surface area (Å²) in [6, 6.07) is 6.80. The molecule has 0 heterocycles. The minimum absolute atomic E-state index is 0.203. The van der Waals surface area contributed by atoms with Crippen LogP contribution in [0, 0.1) is 0 Å². The van der Waals surface area contributed by atoms with Gasteiger partial charge in [0.2, 0.25) is 0 Å². The van der Waals surface area contributed by atoms with E-state index in [-0.39, 0.29) is 5.75 Å². The van der Waals surface area contributed by atoms with Gasteiger partial charge in [-0.25, -0.2) is 0 Å². The molecule has 1 nitrogen and oxygen atoms in total. The van der Waals surface area contributed by atoms with E-state index < -0.39 is 6.61 Å². The smallest absolute Gasteiger partial charge is 0.387 e. The summed E-state index contributed by atoms with van der Waals surface area (Å²) >= 11 is 0. The molecule has 2 rings (SSSR count). The maximum Gasteiger partial charge on any atom is 0.387 e. The van der Waals surface area contributed by atoms with Crippen molar-refractivity contribution < 1.29 is 13.5 Å². The Kier molecular flexibility index (Phi) is 3.34. The topological polar surface area (TPSA) is 9.23 Å². The van der Waals surface area contributed by atoms with Gasteiger partial charge in [0, 0.05) is 5.92 Å². The lowest BCUT2D eigenvalue weighted by atomic mass is 9.93. The molecule has 1 atom stereocenters. The van der Waals surface area contributed by atoms with Crippen LogP contribution in [0.2, 0.25) is 0 Å². The van der Waals surface area contributed by atoms with Gasteiger partial charge in [-0.15, -0.1) is 0 Å². The Bertz CT molecular complexity index is 393. The van der Waals surface area contributed by atoms with Crippen molar-refractivity contribution in [1.82, 2.24) is 0 Å². The third kappa shape index (κ3) is 2.69. The monoisotopic (exact) mass is 222 g/mol. The Morgan fingerprint density at radius 2 is 1.88 bits per heavy atom. The normalized spacial score (nSPS) is 19.1. The maximum absolute atomic E-state index is 11.9. The number of rotatable bonds is 3. The zero-order chi connectivity index (χ0) is 11.4. The second kappa shape index (κ2) is 4.92. The molecule has 1 aromatic rings. The maximum atomic E-state index is 11.9. The molecule has 0 saturated heterocycles. The van der Waals surface area contributed by atoms with Crippen molar-refractivity contribution in [3.05, 3.63) is 54.1 Å². The highest BCUT2D eigenvalue weighted by Gasteiger charge is 2.09. The first-order chi connectivity index (χ1) is 7.75. The second-order valence-electron chi connectivity index (χ2n) is 3.60. The van der Waals surface area contributed by atoms with E-state index in [4.69, 9.17) is 0 Å². The van der Waals surface area contributed by atoms with Gasteiger partial charge in [-0.1, -0.05) is 36.4 Å². The summed E-state index contributed by atoms with van der Waals surface area (Å²) in [5, 5.41) is 0. The molecule has 0 spiro atoms. The molecule has 3 heteroatoms. The van der Waals surface area contributed by atoms with Crippen LogP contribution in [0.25, 0.3) is 0 Å². The molecule has 1 aliphatic rings. The van der Waals surface area contributed by atoms with E-state index in [0.717, 1.165) is 12.0 Å². The molecule has 0 radical (unpaired) electrons. The minimum atomic E-state index is -2.76. The van der Waals surface area contributed by atoms with Crippen LogP contribution in [0.3, 0.4) is 0 Å². The standard InChI is InChI=1S/C13H12F2O/c14-13(15)16-12-8-6-11(7-9-12)10-4-2-1-3-5-10/h1-4,6-10,13H,5H2. The summed E-state index contributed by atoms with van der Waals surface area (Å²) in [7, 11) is 0. The van der Waals surface area contributed by atoms with E-state index in [1.54, 1.807) is 12.1 Å². The fraction of sp³-hybridized carbons (Fsp3) is 0.231. The third-order valence-corrected chi connectivity index (χ3v) is 2.51. The number of benzene rings is 1. The highest BCUT2D eigenvalue weighted by Crippen LogP contribution is 2.26. The van der Waals surface area contributed by atoms with Gasteiger partial charge in [0.15, 0.2) is 0 Å². The zero-order valence-electron chi connectivity index (χ0n) is 8.64. The van der Waals surface area contributed by atoms with Crippen molar-refractivity contribution in [2.24, 2.45) is 0 Å². The van der Waals surface area contributed by atoms with Gasteiger partial charge in [-0.3, -0.25) is 0 Å². The molecule has 0 aliphatic heterocycles. The molecule has 0 aromatic heterocycles. The summed E-state index contributed by atoms with van der Waals surface area (Å²) in [6.07, 6.45) is 9.14. The van der Waals surface area contributed by atoms with Gasteiger partial charge < -0.3 is 4.74 Å². The van der Waals surface area contributed by atoms with Gasteiger partial charge in [0.25, 0.3) is 0 Å². The summed E-state index contributed by atoms with van der Waals surface area (Å²) in [6.45, 7) is -2.76. The molecule has 0 amide bonds. The van der Waals surface area contributed by atoms with E-state index in [1.165, 1.54) is 0 Å². The quantitative estimate of drug-likeness (QED) is 0.753. The highest BCUT2D eigenvalue weighted by molar-refractivity contribution is 5.33. The molecule has 0 bridgehead atoms. The summed E-state index contributed by atoms with van der Waals surface area (Å²) in [5.74, 6) is 0.541. The summed E-state index contributed by atoms with van der Waals surface area (Å²) in [5.41, 5.74) is 1.11. The van der Waals surface area contributed by atoms with E-state index in [0.29, 0.717) is 5.92 Å². The molecule has 16 heavy (non-hydrogen) atoms. The van der Waals surface area contributed by atoms with Crippen LogP contribution in [-0.2, 0) is 0 Å². The lowest BCUT2D eigenvalue weighted by Gasteiger charge is -2.13. The first kappa shape index (κ1) is 10.9. The lowest BCUT2D eigenvalue weighted by molar-refractivity contribution is -0.0498. The molecule has 1 aliphatic carbocycles. The Labute approximate surface area is 93.0 Å². The predicted molar refractivity (Wildman–Crippen MR) is 58.7 cm³/mol. The van der Waals surface area contributed by atoms with Crippen LogP contribution in [0.5, 0.6) is 5.75 Å². The molecule has 1 unspecified atom stereocenters. The molecule has 84 valence electrons. The molecule has 1 aromatic carbocycles. The van der Waals surface area contributed by atoms with Crippen molar-refractivity contribution in [3.63, 3.8) is 0 Å². The van der Waals surface area contributed by atoms with Gasteiger partial charge in [0.05, 0.1) is 0 Å². The number of halogens is 2. The second-order valence-corrected chi connectivity index (χ2v) is 3.60. The molecule has 0 fully saturated rings. The number of allylic oxidation sites excluding steroid dienone is 4. The first-order valence-corrected chi connectivity index (χ1v) is 5.14. The van der Waals surface area contributed by atoms with Crippen molar-refractivity contribution >= 4 is 0 Å². The van der Waals surface area contributed by atoms with E-state index in [9.17, 15) is 8.78 Å². The van der Waals surface area contributed by atoms with Crippen LogP contribution in [-0.4, -0.2) is 6.61 Å². The van der Waals surface area contributed by atoms with Crippen LogP contribution in [0.4, 0.5) is 8.78 Å². The highest BCUT2D eigenvalue weighted by atomic mass is 19.3. The minimum Gasteiger partial charge on any atom is -0.435 e. The summed E-state index contributed by atoms with van der Waals surface area (Å²) in [4.78, 5) is 0. The van der Waals surface area contributed by atoms with Crippen molar-refractivity contribution in [2.45, 2.75) is 19.0 Å². The largest absolute Gasteiger partial charge is 0.435 e. The first-order valence-electron chi connectivity index (χ1n) is 5.14. The predicted octanol–water partition coefficient (Wildman–Crippen LogP) is 3.89. The van der Waals surface area contributed by atoms with Crippen LogP contribution >= 0.6 is 0 Å². The molecule has 0 N–H and O–H groups in total. The van der Waals surface area contributed by atoms with Gasteiger partial charge >= 0.3 is 6.61 Å². The lowest BCUT2D eigenvalue weighted by Crippen LogP contribution is -2.02. The number of alkyl halides is 2. The van der Waals surface area contributed by atoms with E-state index in [1.807, 2.05) is 24.3 Å². The van der Waals surface area contributed by atoms with Gasteiger partial charge in [0.1, 0.15) is 5.75 Å². The van der Waals surface area contributed by atoms with Gasteiger partial charge in [-0.05, 0) is 24.1 Å². The molecular weight excluding hydrogens is 210 g/mol. The Hall–Kier alpha value is -1.64. The average molecular weight is 222 g/mol. The van der Waals surface area contributed by atoms with Crippen LogP contribution in [0.15, 0.2) is 48.6 Å². The Morgan fingerprint density at radius 3 is 2.44 bits per heavy atom. The number of hydrogen-bond donors (Lipinski definition) is 0. The summed E-state index contributed by atoms with van der Waals surface area (Å²) < 4.78 is 28.2. The van der Waals surface area contributed by atoms with Crippen LogP contribution < -0.4 is 4.74 Å². The van der Waals surface area contributed by atoms with Crippen LogP contribution in [0.1, 0.15) is 17.9 Å². The fourth-order valence-corrected chi connectivity index (χ4v) is 1.72. The van der Waals surface area contributed by atoms with Crippen molar-refractivity contribution in [3.8, 4) is 5.75 Å². The fourth-order valence-electron chi connectivity index (χ4n) is 1.72. The van der Waals surface area contributed by atoms with Crippen molar-refractivity contribution in [2.75, 3.05) is 0 Å². The molecule has 0 saturated carbocycles. The molecular formula is C13H12F2O. The average Bonchev–Trinajstić information content (AvgIpc) is 2.30. The van der Waals surface area contributed by atoms with E-state index in [2.05, 4.69) is 16.9 Å². The van der Waals surface area contributed by atoms with Crippen molar-refractivity contribution in [1.29, 1.82) is 0 Å².